The maximum absolute atomic E-state index is 13.5. The molecule has 2 aromatic rings. The summed E-state index contributed by atoms with van der Waals surface area (Å²) in [7, 11) is 0. The zero-order valence-electron chi connectivity index (χ0n) is 21.4. The Bertz CT molecular complexity index is 1270. The van der Waals surface area contributed by atoms with Crippen LogP contribution in [-0.2, 0) is 14.4 Å². The summed E-state index contributed by atoms with van der Waals surface area (Å²) >= 11 is 0. The van der Waals surface area contributed by atoms with Crippen molar-refractivity contribution in [2.75, 3.05) is 38.0 Å². The Labute approximate surface area is 220 Å². The normalized spacial score (nSPS) is 22.3. The topological polar surface area (TPSA) is 148 Å². The van der Waals surface area contributed by atoms with Crippen LogP contribution in [0.25, 0.3) is 11.0 Å². The summed E-state index contributed by atoms with van der Waals surface area (Å²) < 4.78 is 5.64. The molecule has 38 heavy (non-hydrogen) atoms. The molecule has 4 heterocycles. The van der Waals surface area contributed by atoms with E-state index >= 15 is 0 Å². The molecule has 2 unspecified atom stereocenters. The summed E-state index contributed by atoms with van der Waals surface area (Å²) in [6.07, 6.45) is 4.01. The van der Waals surface area contributed by atoms with Gasteiger partial charge in [0.2, 0.25) is 17.8 Å². The zero-order valence-corrected chi connectivity index (χ0v) is 21.4. The smallest absolute Gasteiger partial charge is 0.315 e. The van der Waals surface area contributed by atoms with E-state index in [1.807, 2.05) is 25.1 Å². The van der Waals surface area contributed by atoms with Gasteiger partial charge in [-0.1, -0.05) is 0 Å². The quantitative estimate of drug-likeness (QED) is 0.343. The Kier molecular flexibility index (Phi) is 7.47. The van der Waals surface area contributed by atoms with Crippen LogP contribution in [0.4, 0.5) is 10.5 Å². The van der Waals surface area contributed by atoms with Gasteiger partial charge < -0.3 is 30.2 Å². The van der Waals surface area contributed by atoms with Crippen molar-refractivity contribution in [3.8, 4) is 0 Å². The number of nitrogens with one attached hydrogen (secondary N) is 4. The van der Waals surface area contributed by atoms with Gasteiger partial charge in [-0.2, -0.15) is 0 Å². The molecule has 4 N–H and O–H groups in total. The van der Waals surface area contributed by atoms with Crippen LogP contribution in [0.1, 0.15) is 37.9 Å². The number of rotatable bonds is 5. The highest BCUT2D eigenvalue weighted by Gasteiger charge is 2.32. The number of aryl methyl sites for hydroxylation is 1. The lowest BCUT2D eigenvalue weighted by Gasteiger charge is -2.25. The monoisotopic (exact) mass is 523 g/mol. The molecule has 0 radical (unpaired) electrons. The van der Waals surface area contributed by atoms with Gasteiger partial charge in [0.1, 0.15) is 23.4 Å². The van der Waals surface area contributed by atoms with Crippen LogP contribution in [-0.4, -0.2) is 84.3 Å². The summed E-state index contributed by atoms with van der Waals surface area (Å²) in [6, 6.07) is 5.42. The second-order valence-electron chi connectivity index (χ2n) is 9.97. The first kappa shape index (κ1) is 25.6. The molecular formula is C26H33N7O5. The number of hydrogen-bond acceptors (Lipinski definition) is 6. The van der Waals surface area contributed by atoms with E-state index in [2.05, 4.69) is 26.3 Å². The Morgan fingerprint density at radius 2 is 1.89 bits per heavy atom. The van der Waals surface area contributed by atoms with Crippen LogP contribution in [0.15, 0.2) is 33.7 Å². The van der Waals surface area contributed by atoms with E-state index < -0.39 is 24.0 Å². The van der Waals surface area contributed by atoms with Crippen molar-refractivity contribution in [3.05, 3.63) is 30.0 Å². The van der Waals surface area contributed by atoms with E-state index in [0.717, 1.165) is 55.5 Å². The van der Waals surface area contributed by atoms with Gasteiger partial charge in [0.25, 0.3) is 5.91 Å². The van der Waals surface area contributed by atoms with Crippen LogP contribution < -0.4 is 21.3 Å². The summed E-state index contributed by atoms with van der Waals surface area (Å²) in [4.78, 5) is 58.7. The molecule has 5 rings (SSSR count). The zero-order chi connectivity index (χ0) is 26.6. The molecule has 3 aliphatic rings. The molecule has 202 valence electrons. The maximum Gasteiger partial charge on any atom is 0.315 e. The van der Waals surface area contributed by atoms with E-state index in [9.17, 15) is 19.2 Å². The summed E-state index contributed by atoms with van der Waals surface area (Å²) in [5.74, 6) is 0.135. The Hall–Kier alpha value is -4.09. The fraction of sp³-hybridized carbons (Fsp3) is 0.500. The molecule has 5 amide bonds. The molecule has 0 aliphatic carbocycles. The number of guanidine groups is 1. The highest BCUT2D eigenvalue weighted by Crippen LogP contribution is 2.23. The summed E-state index contributed by atoms with van der Waals surface area (Å²) in [6.45, 7) is 4.01. The first-order chi connectivity index (χ1) is 18.4. The minimum Gasteiger partial charge on any atom is -0.461 e. The number of nitrogens with zero attached hydrogens (tertiary/aromatic N) is 3. The van der Waals surface area contributed by atoms with Crippen molar-refractivity contribution in [1.29, 1.82) is 0 Å². The van der Waals surface area contributed by atoms with Gasteiger partial charge >= 0.3 is 6.03 Å². The number of amides is 5. The minimum absolute atomic E-state index is 0.0380. The van der Waals surface area contributed by atoms with E-state index in [1.165, 1.54) is 0 Å². The minimum atomic E-state index is -0.770. The van der Waals surface area contributed by atoms with E-state index in [0.29, 0.717) is 18.7 Å². The molecule has 1 aromatic heterocycles. The van der Waals surface area contributed by atoms with Crippen LogP contribution in [0.2, 0.25) is 0 Å². The van der Waals surface area contributed by atoms with Crippen molar-refractivity contribution in [2.45, 2.75) is 51.1 Å². The number of carbonyl (C=O) groups excluding carboxylic acids is 4. The van der Waals surface area contributed by atoms with Gasteiger partial charge in [-0.25, -0.2) is 9.79 Å². The second kappa shape index (κ2) is 11.1. The second-order valence-corrected chi connectivity index (χ2v) is 9.97. The molecule has 1 aromatic carbocycles. The standard InChI is InChI=1S/C26H33N7O5/c1-16-12-17-13-18(7-8-21(17)38-16)28-25(31-23(35)20-14-27-26(37)30-20)29-19-6-2-3-11-33(24(19)36)15-22(34)32-9-4-5-10-32/h7-8,12-13,19-20H,2-6,9-11,14-15H2,1H3,(H2,27,30,37)(H2,28,29,31,35). The van der Waals surface area contributed by atoms with Crippen LogP contribution in [0.5, 0.6) is 0 Å². The SMILES string of the molecule is Cc1cc2cc(NC(=NC3CCCCN(CC(=O)N4CCCC4)C3=O)NC(=O)C3CNC(=O)N3)ccc2o1. The van der Waals surface area contributed by atoms with Crippen molar-refractivity contribution in [2.24, 2.45) is 4.99 Å². The Morgan fingerprint density at radius 3 is 2.66 bits per heavy atom. The lowest BCUT2D eigenvalue weighted by molar-refractivity contribution is -0.140. The number of benzene rings is 1. The van der Waals surface area contributed by atoms with Gasteiger partial charge in [-0.05, 0) is 63.3 Å². The van der Waals surface area contributed by atoms with Crippen LogP contribution in [0.3, 0.4) is 0 Å². The van der Waals surface area contributed by atoms with Crippen LogP contribution in [0, 0.1) is 6.92 Å². The number of fused-ring (bicyclic) bond motifs is 1. The van der Waals surface area contributed by atoms with E-state index in [1.54, 1.807) is 15.9 Å². The number of anilines is 1. The van der Waals surface area contributed by atoms with Gasteiger partial charge in [0.05, 0.1) is 6.54 Å². The van der Waals surface area contributed by atoms with Crippen molar-refractivity contribution < 1.29 is 23.6 Å². The van der Waals surface area contributed by atoms with Gasteiger partial charge in [-0.15, -0.1) is 0 Å². The third kappa shape index (κ3) is 5.90. The molecular weight excluding hydrogens is 490 g/mol. The summed E-state index contributed by atoms with van der Waals surface area (Å²) in [5, 5.41) is 11.9. The largest absolute Gasteiger partial charge is 0.461 e. The van der Waals surface area contributed by atoms with Crippen molar-refractivity contribution >= 4 is 46.4 Å². The highest BCUT2D eigenvalue weighted by molar-refractivity contribution is 6.08. The predicted octanol–water partition coefficient (Wildman–Crippen LogP) is 1.31. The van der Waals surface area contributed by atoms with Crippen molar-refractivity contribution in [3.63, 3.8) is 0 Å². The number of aliphatic imine (C=N–C) groups is 1. The Morgan fingerprint density at radius 1 is 1.11 bits per heavy atom. The molecule has 3 fully saturated rings. The molecule has 0 saturated carbocycles. The highest BCUT2D eigenvalue weighted by atomic mass is 16.3. The first-order valence-corrected chi connectivity index (χ1v) is 13.1. The van der Waals surface area contributed by atoms with Gasteiger partial charge in [0.15, 0.2) is 0 Å². The number of carbonyl (C=O) groups is 4. The molecule has 3 aliphatic heterocycles. The lowest BCUT2D eigenvalue weighted by atomic mass is 10.1. The average molecular weight is 524 g/mol. The van der Waals surface area contributed by atoms with Gasteiger partial charge in [0, 0.05) is 37.3 Å². The number of hydrogen-bond donors (Lipinski definition) is 4. The third-order valence-corrected chi connectivity index (χ3v) is 7.05. The lowest BCUT2D eigenvalue weighted by Crippen LogP contribution is -2.49. The van der Waals surface area contributed by atoms with Crippen molar-refractivity contribution in [1.82, 2.24) is 25.8 Å². The molecule has 3 saturated heterocycles. The summed E-state index contributed by atoms with van der Waals surface area (Å²) in [5.41, 5.74) is 1.38. The molecule has 0 bridgehead atoms. The predicted molar refractivity (Wildman–Crippen MR) is 141 cm³/mol. The average Bonchev–Trinajstić information content (AvgIpc) is 3.63. The fourth-order valence-corrected chi connectivity index (χ4v) is 5.05. The first-order valence-electron chi connectivity index (χ1n) is 13.1. The van der Waals surface area contributed by atoms with Crippen LogP contribution >= 0.6 is 0 Å². The fourth-order valence-electron chi connectivity index (χ4n) is 5.05. The molecule has 12 nitrogen and oxygen atoms in total. The molecule has 12 heteroatoms. The van der Waals surface area contributed by atoms with E-state index in [4.69, 9.17) is 4.42 Å². The van der Waals surface area contributed by atoms with E-state index in [-0.39, 0.29) is 30.9 Å². The molecule has 0 spiro atoms. The van der Waals surface area contributed by atoms with Gasteiger partial charge in [-0.3, -0.25) is 19.7 Å². The Balaban J connectivity index is 1.37. The number of urea groups is 1. The number of furan rings is 1. The number of likely N-dealkylation sites (tertiary alicyclic amines) is 2. The third-order valence-electron chi connectivity index (χ3n) is 7.05. The molecule has 2 atom stereocenters. The maximum atomic E-state index is 13.5.